The first kappa shape index (κ1) is 21.2. The molecule has 0 aliphatic carbocycles. The van der Waals surface area contributed by atoms with Gasteiger partial charge in [-0.1, -0.05) is 30.3 Å². The predicted molar refractivity (Wildman–Crippen MR) is 116 cm³/mol. The van der Waals surface area contributed by atoms with Gasteiger partial charge in [-0.3, -0.25) is 0 Å². The van der Waals surface area contributed by atoms with Crippen LogP contribution in [0.25, 0.3) is 0 Å². The minimum Gasteiger partial charge on any atom is -0.494 e. The summed E-state index contributed by atoms with van der Waals surface area (Å²) < 4.78 is 5.72. The number of halogens is 1. The minimum atomic E-state index is 0. The molecular formula is C19H27IN4O. The van der Waals surface area contributed by atoms with Gasteiger partial charge in [0.05, 0.1) is 13.2 Å². The quantitative estimate of drug-likeness (QED) is 0.277. The number of benzene rings is 2. The summed E-state index contributed by atoms with van der Waals surface area (Å²) in [7, 11) is 4.13. The van der Waals surface area contributed by atoms with Gasteiger partial charge in [-0.05, 0) is 50.3 Å². The fourth-order valence-corrected chi connectivity index (χ4v) is 2.15. The van der Waals surface area contributed by atoms with Crippen LogP contribution in [0, 0.1) is 0 Å². The second kappa shape index (κ2) is 11.7. The van der Waals surface area contributed by atoms with Crippen molar-refractivity contribution in [2.45, 2.75) is 13.0 Å². The first-order valence-electron chi connectivity index (χ1n) is 8.12. The first-order valence-corrected chi connectivity index (χ1v) is 8.12. The Morgan fingerprint density at radius 1 is 1.08 bits per heavy atom. The van der Waals surface area contributed by atoms with Crippen molar-refractivity contribution in [3.8, 4) is 5.75 Å². The van der Waals surface area contributed by atoms with E-state index in [0.717, 1.165) is 36.6 Å². The molecule has 2 aromatic rings. The third kappa shape index (κ3) is 8.74. The molecule has 0 bridgehead atoms. The molecule has 0 fully saturated rings. The molecular weight excluding hydrogens is 427 g/mol. The third-order valence-electron chi connectivity index (χ3n) is 3.42. The zero-order chi connectivity index (χ0) is 17.2. The number of anilines is 1. The third-order valence-corrected chi connectivity index (χ3v) is 3.42. The molecule has 2 rings (SSSR count). The van der Waals surface area contributed by atoms with Gasteiger partial charge in [0.15, 0.2) is 5.96 Å². The van der Waals surface area contributed by atoms with E-state index in [9.17, 15) is 0 Å². The normalized spacial score (nSPS) is 11.1. The number of nitrogens with zero attached hydrogens (tertiary/aromatic N) is 2. The lowest BCUT2D eigenvalue weighted by Crippen LogP contribution is -2.22. The smallest absolute Gasteiger partial charge is 0.193 e. The Balaban J connectivity index is 0.00000312. The number of para-hydroxylation sites is 1. The Labute approximate surface area is 167 Å². The Morgan fingerprint density at radius 2 is 1.76 bits per heavy atom. The minimum absolute atomic E-state index is 0. The highest BCUT2D eigenvalue weighted by Gasteiger charge is 1.98. The summed E-state index contributed by atoms with van der Waals surface area (Å²) in [4.78, 5) is 6.50. The van der Waals surface area contributed by atoms with E-state index < -0.39 is 0 Å². The standard InChI is InChI=1S/C19H26N4O.HI/c1-23(2)13-6-14-24-18-11-9-16(10-12-18)15-21-19(20)22-17-7-4-3-5-8-17;/h3-5,7-12H,6,13-15H2,1-2H3,(H3,20,21,22);1H. The van der Waals surface area contributed by atoms with Crippen LogP contribution in [-0.2, 0) is 6.54 Å². The first-order chi connectivity index (χ1) is 11.6. The molecule has 0 heterocycles. The number of hydrogen-bond donors (Lipinski definition) is 2. The lowest BCUT2D eigenvalue weighted by atomic mass is 10.2. The van der Waals surface area contributed by atoms with Crippen LogP contribution < -0.4 is 15.8 Å². The van der Waals surface area contributed by atoms with Crippen molar-refractivity contribution in [3.63, 3.8) is 0 Å². The van der Waals surface area contributed by atoms with Crippen LogP contribution in [0.2, 0.25) is 0 Å². The molecule has 0 amide bonds. The molecule has 5 nitrogen and oxygen atoms in total. The second-order valence-electron chi connectivity index (χ2n) is 5.84. The molecule has 136 valence electrons. The van der Waals surface area contributed by atoms with Crippen LogP contribution in [-0.4, -0.2) is 38.1 Å². The number of guanidine groups is 1. The van der Waals surface area contributed by atoms with Crippen molar-refractivity contribution in [2.24, 2.45) is 10.7 Å². The molecule has 0 saturated carbocycles. The maximum atomic E-state index is 5.90. The highest BCUT2D eigenvalue weighted by atomic mass is 127. The number of hydrogen-bond acceptors (Lipinski definition) is 3. The van der Waals surface area contributed by atoms with E-state index in [0.29, 0.717) is 12.5 Å². The van der Waals surface area contributed by atoms with Crippen LogP contribution in [0.3, 0.4) is 0 Å². The summed E-state index contributed by atoms with van der Waals surface area (Å²) in [6.07, 6.45) is 1.01. The maximum Gasteiger partial charge on any atom is 0.193 e. The predicted octanol–water partition coefficient (Wildman–Crippen LogP) is 3.56. The zero-order valence-corrected chi connectivity index (χ0v) is 17.1. The van der Waals surface area contributed by atoms with Gasteiger partial charge in [0.1, 0.15) is 5.75 Å². The van der Waals surface area contributed by atoms with Gasteiger partial charge in [0.25, 0.3) is 0 Å². The molecule has 0 aliphatic heterocycles. The molecule has 2 aromatic carbocycles. The molecule has 0 atom stereocenters. The van der Waals surface area contributed by atoms with Gasteiger partial charge in [-0.2, -0.15) is 0 Å². The summed E-state index contributed by atoms with van der Waals surface area (Å²) >= 11 is 0. The molecule has 0 spiro atoms. The lowest BCUT2D eigenvalue weighted by Gasteiger charge is -2.10. The van der Waals surface area contributed by atoms with E-state index in [2.05, 4.69) is 29.3 Å². The van der Waals surface area contributed by atoms with Crippen molar-refractivity contribution in [1.82, 2.24) is 4.90 Å². The zero-order valence-electron chi connectivity index (χ0n) is 14.8. The summed E-state index contributed by atoms with van der Waals surface area (Å²) in [6, 6.07) is 17.7. The molecule has 6 heteroatoms. The monoisotopic (exact) mass is 454 g/mol. The summed E-state index contributed by atoms with van der Waals surface area (Å²) in [5.41, 5.74) is 7.92. The van der Waals surface area contributed by atoms with Crippen molar-refractivity contribution < 1.29 is 4.74 Å². The van der Waals surface area contributed by atoms with Crippen molar-refractivity contribution in [3.05, 3.63) is 60.2 Å². The van der Waals surface area contributed by atoms with Crippen LogP contribution >= 0.6 is 24.0 Å². The van der Waals surface area contributed by atoms with Crippen LogP contribution in [0.5, 0.6) is 5.75 Å². The Hall–Kier alpha value is -1.80. The van der Waals surface area contributed by atoms with Crippen LogP contribution in [0.4, 0.5) is 5.69 Å². The fourth-order valence-electron chi connectivity index (χ4n) is 2.15. The average molecular weight is 454 g/mol. The van der Waals surface area contributed by atoms with Gasteiger partial charge in [0.2, 0.25) is 0 Å². The van der Waals surface area contributed by atoms with E-state index in [4.69, 9.17) is 10.5 Å². The van der Waals surface area contributed by atoms with E-state index in [-0.39, 0.29) is 24.0 Å². The van der Waals surface area contributed by atoms with E-state index in [1.54, 1.807) is 0 Å². The number of nitrogens with two attached hydrogens (primary N) is 1. The molecule has 0 aliphatic rings. The van der Waals surface area contributed by atoms with Gasteiger partial charge in [0, 0.05) is 12.2 Å². The summed E-state index contributed by atoms with van der Waals surface area (Å²) in [5, 5.41) is 3.07. The molecule has 25 heavy (non-hydrogen) atoms. The van der Waals surface area contributed by atoms with Crippen molar-refractivity contribution in [2.75, 3.05) is 32.6 Å². The largest absolute Gasteiger partial charge is 0.494 e. The summed E-state index contributed by atoms with van der Waals surface area (Å²) in [6.45, 7) is 2.29. The average Bonchev–Trinajstić information content (AvgIpc) is 2.59. The fraction of sp³-hybridized carbons (Fsp3) is 0.316. The van der Waals surface area contributed by atoms with Gasteiger partial charge in [-0.25, -0.2) is 4.99 Å². The SMILES string of the molecule is CN(C)CCCOc1ccc(CN=C(N)Nc2ccccc2)cc1.I. The van der Waals surface area contributed by atoms with Crippen molar-refractivity contribution in [1.29, 1.82) is 0 Å². The molecule has 0 radical (unpaired) electrons. The Kier molecular flexibility index (Phi) is 9.94. The molecule has 3 N–H and O–H groups in total. The number of aliphatic imine (C=N–C) groups is 1. The van der Waals surface area contributed by atoms with Gasteiger partial charge < -0.3 is 20.7 Å². The molecule has 0 unspecified atom stereocenters. The second-order valence-corrected chi connectivity index (χ2v) is 5.84. The number of ether oxygens (including phenoxy) is 1. The number of nitrogens with one attached hydrogen (secondary N) is 1. The van der Waals surface area contributed by atoms with Crippen LogP contribution in [0.15, 0.2) is 59.6 Å². The molecule has 0 aromatic heterocycles. The Bertz CT molecular complexity index is 630. The molecule has 0 saturated heterocycles. The van der Waals surface area contributed by atoms with Gasteiger partial charge in [-0.15, -0.1) is 24.0 Å². The topological polar surface area (TPSA) is 62.9 Å². The highest BCUT2D eigenvalue weighted by Crippen LogP contribution is 2.13. The van der Waals surface area contributed by atoms with E-state index in [1.807, 2.05) is 54.6 Å². The summed E-state index contributed by atoms with van der Waals surface area (Å²) in [5.74, 6) is 1.29. The van der Waals surface area contributed by atoms with E-state index >= 15 is 0 Å². The maximum absolute atomic E-state index is 5.90. The number of rotatable bonds is 8. The highest BCUT2D eigenvalue weighted by molar-refractivity contribution is 14.0. The lowest BCUT2D eigenvalue weighted by molar-refractivity contribution is 0.281. The van der Waals surface area contributed by atoms with E-state index in [1.165, 1.54) is 0 Å². The van der Waals surface area contributed by atoms with Crippen molar-refractivity contribution >= 4 is 35.6 Å². The Morgan fingerprint density at radius 3 is 2.40 bits per heavy atom. The van der Waals surface area contributed by atoms with Gasteiger partial charge >= 0.3 is 0 Å². The van der Waals surface area contributed by atoms with Crippen LogP contribution in [0.1, 0.15) is 12.0 Å².